The number of carbonyl (C=O) groups is 2. The Hall–Kier alpha value is -2.69. The van der Waals surface area contributed by atoms with Crippen molar-refractivity contribution >= 4 is 17.6 Å². The van der Waals surface area contributed by atoms with Crippen LogP contribution in [-0.2, 0) is 15.6 Å². The van der Waals surface area contributed by atoms with Gasteiger partial charge in [-0.05, 0) is 43.3 Å². The molecule has 28 heavy (non-hydrogen) atoms. The number of esters is 1. The zero-order chi connectivity index (χ0) is 21.1. The third kappa shape index (κ3) is 5.41. The quantitative estimate of drug-likeness (QED) is 0.747. The average Bonchev–Trinajstić information content (AvgIpc) is 2.60. The van der Waals surface area contributed by atoms with E-state index in [0.29, 0.717) is 23.4 Å². The Morgan fingerprint density at radius 3 is 1.79 bits per heavy atom. The molecule has 1 heterocycles. The number of nitrogens with one attached hydrogen (secondary N) is 1. The smallest absolute Gasteiger partial charge is 0.338 e. The summed E-state index contributed by atoms with van der Waals surface area (Å²) in [7, 11) is 0. The van der Waals surface area contributed by atoms with Crippen LogP contribution in [0.15, 0.2) is 36.4 Å². The van der Waals surface area contributed by atoms with E-state index in [1.165, 1.54) is 0 Å². The van der Waals surface area contributed by atoms with Crippen molar-refractivity contribution in [2.75, 3.05) is 11.9 Å². The molecule has 0 atom stereocenters. The highest BCUT2D eigenvalue weighted by atomic mass is 16.5. The highest BCUT2D eigenvalue weighted by Gasteiger charge is 2.23. The van der Waals surface area contributed by atoms with Gasteiger partial charge in [0, 0.05) is 33.5 Å². The predicted molar refractivity (Wildman–Crippen MR) is 112 cm³/mol. The molecule has 0 unspecified atom stereocenters. The van der Waals surface area contributed by atoms with Crippen molar-refractivity contribution in [1.82, 2.24) is 4.98 Å². The summed E-state index contributed by atoms with van der Waals surface area (Å²) in [5.41, 5.74) is 3.18. The summed E-state index contributed by atoms with van der Waals surface area (Å²) in [5, 5.41) is 2.96. The van der Waals surface area contributed by atoms with Crippen molar-refractivity contribution < 1.29 is 14.3 Å². The lowest BCUT2D eigenvalue weighted by molar-refractivity contribution is 0.0526. The highest BCUT2D eigenvalue weighted by molar-refractivity contribution is 6.04. The van der Waals surface area contributed by atoms with Gasteiger partial charge in [-0.15, -0.1) is 0 Å². The normalized spacial score (nSPS) is 11.8. The van der Waals surface area contributed by atoms with Crippen molar-refractivity contribution in [3.8, 4) is 0 Å². The molecule has 2 rings (SSSR count). The lowest BCUT2D eigenvalue weighted by Crippen LogP contribution is -2.21. The van der Waals surface area contributed by atoms with Crippen LogP contribution in [0.1, 0.15) is 80.6 Å². The first kappa shape index (κ1) is 21.6. The molecule has 0 aliphatic heterocycles. The third-order valence-electron chi connectivity index (χ3n) is 4.28. The molecule has 0 aliphatic rings. The summed E-state index contributed by atoms with van der Waals surface area (Å²) in [6, 6.07) is 10.3. The SMILES string of the molecule is CCOC(=O)c1ccc(C(=O)Nc2cc(C(C)(C)C)nc(C(C)(C)C)c2)cc1. The number of anilines is 1. The van der Waals surface area contributed by atoms with Gasteiger partial charge < -0.3 is 10.1 Å². The van der Waals surface area contributed by atoms with Crippen LogP contribution in [0.4, 0.5) is 5.69 Å². The molecular formula is C23H30N2O3. The van der Waals surface area contributed by atoms with Crippen LogP contribution in [0.5, 0.6) is 0 Å². The highest BCUT2D eigenvalue weighted by Crippen LogP contribution is 2.29. The maximum atomic E-state index is 12.7. The number of carbonyl (C=O) groups excluding carboxylic acids is 2. The molecule has 1 aromatic heterocycles. The van der Waals surface area contributed by atoms with Crippen molar-refractivity contribution in [3.05, 3.63) is 58.9 Å². The minimum atomic E-state index is -0.395. The number of rotatable bonds is 4. The molecule has 5 heteroatoms. The monoisotopic (exact) mass is 382 g/mol. The molecule has 0 fully saturated rings. The molecule has 0 spiro atoms. The van der Waals surface area contributed by atoms with Gasteiger partial charge in [0.25, 0.3) is 5.91 Å². The Morgan fingerprint density at radius 2 is 1.36 bits per heavy atom. The van der Waals surface area contributed by atoms with Crippen molar-refractivity contribution in [2.24, 2.45) is 0 Å². The number of hydrogen-bond acceptors (Lipinski definition) is 4. The van der Waals surface area contributed by atoms with Crippen LogP contribution in [0, 0.1) is 0 Å². The first-order valence-corrected chi connectivity index (χ1v) is 9.53. The van der Waals surface area contributed by atoms with Gasteiger partial charge >= 0.3 is 5.97 Å². The minimum absolute atomic E-state index is 0.137. The fraction of sp³-hybridized carbons (Fsp3) is 0.435. The second-order valence-electron chi connectivity index (χ2n) is 8.88. The molecule has 0 aliphatic carbocycles. The van der Waals surface area contributed by atoms with Gasteiger partial charge in [-0.3, -0.25) is 9.78 Å². The Labute approximate surface area is 167 Å². The van der Waals surface area contributed by atoms with E-state index in [0.717, 1.165) is 11.4 Å². The number of ether oxygens (including phenoxy) is 1. The summed E-state index contributed by atoms with van der Waals surface area (Å²) in [6.07, 6.45) is 0. The largest absolute Gasteiger partial charge is 0.462 e. The van der Waals surface area contributed by atoms with Gasteiger partial charge in [0.1, 0.15) is 0 Å². The van der Waals surface area contributed by atoms with Gasteiger partial charge in [0.15, 0.2) is 0 Å². The Bertz CT molecular complexity index is 825. The number of amides is 1. The maximum Gasteiger partial charge on any atom is 0.338 e. The maximum absolute atomic E-state index is 12.7. The third-order valence-corrected chi connectivity index (χ3v) is 4.28. The average molecular weight is 383 g/mol. The molecule has 1 aromatic carbocycles. The number of pyridine rings is 1. The molecule has 5 nitrogen and oxygen atoms in total. The molecule has 0 radical (unpaired) electrons. The first-order valence-electron chi connectivity index (χ1n) is 9.53. The second kappa shape index (κ2) is 8.13. The molecule has 1 amide bonds. The van der Waals surface area contributed by atoms with E-state index >= 15 is 0 Å². The number of aromatic nitrogens is 1. The lowest BCUT2D eigenvalue weighted by Gasteiger charge is -2.25. The Morgan fingerprint density at radius 1 is 0.893 bits per heavy atom. The number of hydrogen-bond donors (Lipinski definition) is 1. The van der Waals surface area contributed by atoms with E-state index in [-0.39, 0.29) is 16.7 Å². The van der Waals surface area contributed by atoms with Crippen molar-refractivity contribution in [1.29, 1.82) is 0 Å². The van der Waals surface area contributed by atoms with Crippen molar-refractivity contribution in [2.45, 2.75) is 59.3 Å². The zero-order valence-corrected chi connectivity index (χ0v) is 17.8. The van der Waals surface area contributed by atoms with Crippen LogP contribution >= 0.6 is 0 Å². The van der Waals surface area contributed by atoms with Crippen LogP contribution in [0.2, 0.25) is 0 Å². The van der Waals surface area contributed by atoms with Gasteiger partial charge in [-0.2, -0.15) is 0 Å². The molecule has 0 bridgehead atoms. The molecular weight excluding hydrogens is 352 g/mol. The molecule has 150 valence electrons. The Balaban J connectivity index is 2.29. The van der Waals surface area contributed by atoms with E-state index in [1.807, 2.05) is 12.1 Å². The van der Waals surface area contributed by atoms with Gasteiger partial charge in [-0.1, -0.05) is 41.5 Å². The van der Waals surface area contributed by atoms with Crippen LogP contribution < -0.4 is 5.32 Å². The standard InChI is InChI=1S/C23H30N2O3/c1-8-28-21(27)16-11-9-15(10-12-16)20(26)24-17-13-18(22(2,3)4)25-19(14-17)23(5,6)7/h9-14H,8H2,1-7H3,(H,24,25,26). The van der Waals surface area contributed by atoms with E-state index in [2.05, 4.69) is 46.9 Å². The van der Waals surface area contributed by atoms with E-state index in [1.54, 1.807) is 31.2 Å². The second-order valence-corrected chi connectivity index (χ2v) is 8.88. The van der Waals surface area contributed by atoms with Crippen molar-refractivity contribution in [3.63, 3.8) is 0 Å². The topological polar surface area (TPSA) is 68.3 Å². The summed E-state index contributed by atoms with van der Waals surface area (Å²) >= 11 is 0. The molecule has 1 N–H and O–H groups in total. The lowest BCUT2D eigenvalue weighted by atomic mass is 9.87. The van der Waals surface area contributed by atoms with Gasteiger partial charge in [-0.25, -0.2) is 4.79 Å². The van der Waals surface area contributed by atoms with E-state index < -0.39 is 5.97 Å². The van der Waals surface area contributed by atoms with E-state index in [4.69, 9.17) is 9.72 Å². The van der Waals surface area contributed by atoms with Crippen LogP contribution in [-0.4, -0.2) is 23.5 Å². The van der Waals surface area contributed by atoms with Gasteiger partial charge in [0.05, 0.1) is 12.2 Å². The van der Waals surface area contributed by atoms with Crippen LogP contribution in [0.3, 0.4) is 0 Å². The zero-order valence-electron chi connectivity index (χ0n) is 17.8. The van der Waals surface area contributed by atoms with Gasteiger partial charge in [0.2, 0.25) is 0 Å². The summed E-state index contributed by atoms with van der Waals surface area (Å²) in [5.74, 6) is -0.630. The summed E-state index contributed by atoms with van der Waals surface area (Å²) in [4.78, 5) is 29.2. The summed E-state index contributed by atoms with van der Waals surface area (Å²) in [6.45, 7) is 14.7. The fourth-order valence-electron chi connectivity index (χ4n) is 2.55. The van der Waals surface area contributed by atoms with Crippen LogP contribution in [0.25, 0.3) is 0 Å². The molecule has 2 aromatic rings. The fourth-order valence-corrected chi connectivity index (χ4v) is 2.55. The molecule has 0 saturated carbocycles. The Kier molecular flexibility index (Phi) is 6.27. The summed E-state index contributed by atoms with van der Waals surface area (Å²) < 4.78 is 4.97. The minimum Gasteiger partial charge on any atom is -0.462 e. The van der Waals surface area contributed by atoms with E-state index in [9.17, 15) is 9.59 Å². The predicted octanol–water partition coefficient (Wildman–Crippen LogP) is 5.11. The molecule has 0 saturated heterocycles. The number of benzene rings is 1. The number of nitrogens with zero attached hydrogens (tertiary/aromatic N) is 1. The first-order chi connectivity index (χ1) is 12.9.